The van der Waals surface area contributed by atoms with Crippen molar-refractivity contribution in [3.8, 4) is 0 Å². The minimum atomic E-state index is -0.152. The number of aromatic nitrogens is 1. The Hall–Kier alpha value is -2.41. The van der Waals surface area contributed by atoms with E-state index in [0.29, 0.717) is 13.0 Å². The Kier molecular flexibility index (Phi) is 6.31. The molecule has 0 spiro atoms. The van der Waals surface area contributed by atoms with Crippen molar-refractivity contribution in [2.24, 2.45) is 0 Å². The van der Waals surface area contributed by atoms with E-state index in [1.165, 1.54) is 11.3 Å². The van der Waals surface area contributed by atoms with Crippen molar-refractivity contribution >= 4 is 29.0 Å². The monoisotopic (exact) mass is 346 g/mol. The molecule has 3 amide bonds. The van der Waals surface area contributed by atoms with Gasteiger partial charge in [0, 0.05) is 30.7 Å². The molecule has 0 bridgehead atoms. The second kappa shape index (κ2) is 8.44. The third-order valence-electron chi connectivity index (χ3n) is 3.56. The third kappa shape index (κ3) is 5.06. The molecule has 0 saturated carbocycles. The van der Waals surface area contributed by atoms with Crippen LogP contribution in [-0.4, -0.2) is 28.9 Å². The van der Waals surface area contributed by atoms with Crippen LogP contribution >= 0.6 is 11.3 Å². The van der Waals surface area contributed by atoms with Crippen LogP contribution in [0, 0.1) is 0 Å². The molecule has 2 aromatic rings. The number of hydrogen-bond acceptors (Lipinski definition) is 4. The average Bonchev–Trinajstić information content (AvgIpc) is 3.08. The molecule has 1 aromatic carbocycles. The van der Waals surface area contributed by atoms with Crippen molar-refractivity contribution in [2.75, 3.05) is 12.4 Å². The number of anilines is 1. The number of urea groups is 1. The summed E-state index contributed by atoms with van der Waals surface area (Å²) in [4.78, 5) is 29.4. The molecule has 0 aliphatic rings. The molecular weight excluding hydrogens is 324 g/mol. The Morgan fingerprint density at radius 1 is 1.29 bits per heavy atom. The molecule has 24 heavy (non-hydrogen) atoms. The molecule has 1 unspecified atom stereocenters. The highest BCUT2D eigenvalue weighted by atomic mass is 32.1. The van der Waals surface area contributed by atoms with Gasteiger partial charge in [0.25, 0.3) is 0 Å². The van der Waals surface area contributed by atoms with E-state index < -0.39 is 0 Å². The van der Waals surface area contributed by atoms with Crippen molar-refractivity contribution in [1.82, 2.24) is 15.2 Å². The number of carbonyl (C=O) groups excluding carboxylic acids is 2. The number of carbonyl (C=O) groups is 2. The fourth-order valence-electron chi connectivity index (χ4n) is 2.09. The van der Waals surface area contributed by atoms with Crippen LogP contribution in [-0.2, 0) is 11.3 Å². The second-order valence-corrected chi connectivity index (χ2v) is 6.46. The summed E-state index contributed by atoms with van der Waals surface area (Å²) in [6.45, 7) is 4.22. The molecule has 0 radical (unpaired) electrons. The van der Waals surface area contributed by atoms with E-state index in [4.69, 9.17) is 0 Å². The molecule has 1 heterocycles. The zero-order chi connectivity index (χ0) is 17.5. The van der Waals surface area contributed by atoms with Gasteiger partial charge in [0.05, 0.1) is 12.6 Å². The molecule has 0 aliphatic carbocycles. The predicted molar refractivity (Wildman–Crippen MR) is 95.9 cm³/mol. The van der Waals surface area contributed by atoms with Crippen LogP contribution in [0.3, 0.4) is 0 Å². The van der Waals surface area contributed by atoms with Crippen molar-refractivity contribution in [1.29, 1.82) is 0 Å². The van der Waals surface area contributed by atoms with Crippen LogP contribution in [0.4, 0.5) is 10.5 Å². The van der Waals surface area contributed by atoms with Gasteiger partial charge in [-0.05, 0) is 24.6 Å². The van der Waals surface area contributed by atoms with Gasteiger partial charge in [-0.15, -0.1) is 11.3 Å². The Balaban J connectivity index is 1.90. The lowest BCUT2D eigenvalue weighted by molar-refractivity contribution is -0.115. The van der Waals surface area contributed by atoms with Gasteiger partial charge in [-0.1, -0.05) is 19.1 Å². The van der Waals surface area contributed by atoms with Gasteiger partial charge in [0.1, 0.15) is 5.01 Å². The number of rotatable bonds is 6. The van der Waals surface area contributed by atoms with Crippen LogP contribution < -0.4 is 10.6 Å². The normalized spacial score (nSPS) is 11.6. The van der Waals surface area contributed by atoms with Gasteiger partial charge in [0.2, 0.25) is 5.91 Å². The van der Waals surface area contributed by atoms with Crippen molar-refractivity contribution in [2.45, 2.75) is 32.9 Å². The van der Waals surface area contributed by atoms with Gasteiger partial charge in [0.15, 0.2) is 0 Å². The van der Waals surface area contributed by atoms with E-state index in [1.54, 1.807) is 18.1 Å². The van der Waals surface area contributed by atoms with E-state index in [0.717, 1.165) is 16.3 Å². The summed E-state index contributed by atoms with van der Waals surface area (Å²) in [6.07, 6.45) is 2.17. The minimum absolute atomic E-state index is 0.0205. The standard InChI is InChI=1S/C17H22N4O2S/c1-4-15(22)20-14-7-5-13(6-8-14)12(2)19-17(23)21(3)11-16-18-9-10-24-16/h5-10,12H,4,11H2,1-3H3,(H,19,23)(H,20,22). The summed E-state index contributed by atoms with van der Waals surface area (Å²) in [5, 5.41) is 8.55. The number of benzene rings is 1. The summed E-state index contributed by atoms with van der Waals surface area (Å²) in [5.41, 5.74) is 1.73. The first kappa shape index (κ1) is 17.9. The number of thiazole rings is 1. The van der Waals surface area contributed by atoms with E-state index in [2.05, 4.69) is 15.6 Å². The first-order valence-electron chi connectivity index (χ1n) is 7.79. The Morgan fingerprint density at radius 3 is 2.58 bits per heavy atom. The van der Waals surface area contributed by atoms with Gasteiger partial charge < -0.3 is 15.5 Å². The van der Waals surface area contributed by atoms with Crippen LogP contribution in [0.15, 0.2) is 35.8 Å². The van der Waals surface area contributed by atoms with Gasteiger partial charge >= 0.3 is 6.03 Å². The second-order valence-electron chi connectivity index (χ2n) is 5.48. The fourth-order valence-corrected chi connectivity index (χ4v) is 2.76. The van der Waals surface area contributed by atoms with Gasteiger partial charge in [-0.3, -0.25) is 4.79 Å². The Morgan fingerprint density at radius 2 is 2.00 bits per heavy atom. The molecule has 2 N–H and O–H groups in total. The minimum Gasteiger partial charge on any atom is -0.331 e. The highest BCUT2D eigenvalue weighted by molar-refractivity contribution is 7.09. The predicted octanol–water partition coefficient (Wildman–Crippen LogP) is 3.39. The molecule has 0 aliphatic heterocycles. The summed E-state index contributed by atoms with van der Waals surface area (Å²) in [6, 6.07) is 7.19. The summed E-state index contributed by atoms with van der Waals surface area (Å²) < 4.78 is 0. The van der Waals surface area contributed by atoms with Crippen molar-refractivity contribution in [3.63, 3.8) is 0 Å². The molecule has 128 valence electrons. The molecule has 0 saturated heterocycles. The maximum Gasteiger partial charge on any atom is 0.317 e. The van der Waals surface area contributed by atoms with E-state index in [1.807, 2.05) is 43.5 Å². The summed E-state index contributed by atoms with van der Waals surface area (Å²) in [5.74, 6) is -0.0205. The first-order valence-corrected chi connectivity index (χ1v) is 8.67. The number of nitrogens with one attached hydrogen (secondary N) is 2. The smallest absolute Gasteiger partial charge is 0.317 e. The van der Waals surface area contributed by atoms with E-state index in [-0.39, 0.29) is 18.0 Å². The number of nitrogens with zero attached hydrogens (tertiary/aromatic N) is 2. The topological polar surface area (TPSA) is 74.3 Å². The zero-order valence-electron chi connectivity index (χ0n) is 14.1. The SMILES string of the molecule is CCC(=O)Nc1ccc(C(C)NC(=O)N(C)Cc2nccs2)cc1. The van der Waals surface area contributed by atoms with Crippen molar-refractivity contribution < 1.29 is 9.59 Å². The van der Waals surface area contributed by atoms with E-state index >= 15 is 0 Å². The molecule has 0 fully saturated rings. The Bertz CT molecular complexity index is 670. The molecule has 1 atom stereocenters. The summed E-state index contributed by atoms with van der Waals surface area (Å²) >= 11 is 1.52. The summed E-state index contributed by atoms with van der Waals surface area (Å²) in [7, 11) is 1.74. The number of hydrogen-bond donors (Lipinski definition) is 2. The maximum atomic E-state index is 12.2. The van der Waals surface area contributed by atoms with Crippen LogP contribution in [0.1, 0.15) is 36.9 Å². The highest BCUT2D eigenvalue weighted by Crippen LogP contribution is 2.17. The zero-order valence-corrected chi connectivity index (χ0v) is 14.9. The molecule has 1 aromatic heterocycles. The van der Waals surface area contributed by atoms with Crippen molar-refractivity contribution in [3.05, 3.63) is 46.4 Å². The maximum absolute atomic E-state index is 12.2. The lowest BCUT2D eigenvalue weighted by atomic mass is 10.1. The quantitative estimate of drug-likeness (QED) is 0.842. The third-order valence-corrected chi connectivity index (χ3v) is 4.32. The van der Waals surface area contributed by atoms with Gasteiger partial charge in [-0.2, -0.15) is 0 Å². The van der Waals surface area contributed by atoms with E-state index in [9.17, 15) is 9.59 Å². The average molecular weight is 346 g/mol. The van der Waals surface area contributed by atoms with Crippen LogP contribution in [0.25, 0.3) is 0 Å². The van der Waals surface area contributed by atoms with Crippen LogP contribution in [0.2, 0.25) is 0 Å². The largest absolute Gasteiger partial charge is 0.331 e. The van der Waals surface area contributed by atoms with Crippen LogP contribution in [0.5, 0.6) is 0 Å². The number of amides is 3. The molecule has 2 rings (SSSR count). The lowest BCUT2D eigenvalue weighted by Crippen LogP contribution is -2.38. The lowest BCUT2D eigenvalue weighted by Gasteiger charge is -2.21. The van der Waals surface area contributed by atoms with Gasteiger partial charge in [-0.25, -0.2) is 9.78 Å². The molecular formula is C17H22N4O2S. The first-order chi connectivity index (χ1) is 11.5. The molecule has 6 nitrogen and oxygen atoms in total. The Labute approximate surface area is 145 Å². The molecule has 7 heteroatoms. The fraction of sp³-hybridized carbons (Fsp3) is 0.353. The highest BCUT2D eigenvalue weighted by Gasteiger charge is 2.14.